The minimum Gasteiger partial charge on any atom is -0.444 e. The van der Waals surface area contributed by atoms with E-state index in [9.17, 15) is 31.1 Å². The molecule has 3 rings (SSSR count). The highest BCUT2D eigenvalue weighted by atomic mass is 35.5. The van der Waals surface area contributed by atoms with E-state index < -0.39 is 46.6 Å². The van der Waals surface area contributed by atoms with Crippen molar-refractivity contribution in [1.29, 1.82) is 0 Å². The first-order valence-electron chi connectivity index (χ1n) is 10.8. The van der Waals surface area contributed by atoms with E-state index >= 15 is 0 Å². The van der Waals surface area contributed by atoms with Crippen LogP contribution in [-0.4, -0.2) is 46.0 Å². The number of benzene rings is 1. The van der Waals surface area contributed by atoms with Crippen LogP contribution in [0.4, 0.5) is 42.8 Å². The largest absolute Gasteiger partial charge is 0.573 e. The number of carbonyl (C=O) groups is 1. The third-order valence-electron chi connectivity index (χ3n) is 5.14. The number of alkyl halides is 6. The molecule has 2 aromatic rings. The fourth-order valence-corrected chi connectivity index (χ4v) is 3.79. The van der Waals surface area contributed by atoms with Gasteiger partial charge in [-0.05, 0) is 57.2 Å². The lowest BCUT2D eigenvalue weighted by atomic mass is 9.89. The predicted octanol–water partition coefficient (Wildman–Crippen LogP) is 6.91. The minimum atomic E-state index is -5.03. The molecule has 1 fully saturated rings. The number of hydrogen-bond donors (Lipinski definition) is 1. The number of carbonyl (C=O) groups excluding carboxylic acids is 1. The van der Waals surface area contributed by atoms with E-state index in [4.69, 9.17) is 16.3 Å². The Kier molecular flexibility index (Phi) is 7.82. The van der Waals surface area contributed by atoms with Crippen LogP contribution < -0.4 is 10.1 Å². The molecule has 1 N–H and O–H groups in total. The summed E-state index contributed by atoms with van der Waals surface area (Å²) in [4.78, 5) is 20.8. The average Bonchev–Trinajstić information content (AvgIpc) is 2.72. The molecule has 0 aliphatic carbocycles. The molecule has 0 radical (unpaired) electrons. The van der Waals surface area contributed by atoms with Crippen LogP contribution >= 0.6 is 11.6 Å². The van der Waals surface area contributed by atoms with E-state index in [1.807, 2.05) is 0 Å². The first kappa shape index (κ1) is 27.6. The van der Waals surface area contributed by atoms with Crippen molar-refractivity contribution >= 4 is 29.3 Å². The average molecular weight is 541 g/mol. The van der Waals surface area contributed by atoms with Crippen molar-refractivity contribution in [2.24, 2.45) is 0 Å². The molecule has 1 aromatic heterocycles. The molecule has 1 aromatic carbocycles. The van der Waals surface area contributed by atoms with E-state index in [1.165, 1.54) is 17.0 Å². The number of nitrogens with zero attached hydrogens (tertiary/aromatic N) is 3. The highest BCUT2D eigenvalue weighted by Gasteiger charge is 2.36. The van der Waals surface area contributed by atoms with Gasteiger partial charge in [-0.15, -0.1) is 13.2 Å². The van der Waals surface area contributed by atoms with Gasteiger partial charge in [0.05, 0.1) is 5.69 Å². The standard InChI is InChI=1S/C22H23ClF6N4O3/c1-20(2,3)36-19(34)33-8-6-12(7-9-33)13-4-5-15(16(10-13)35-22(27,28)29)31-18-30-11-14(17(23)32-18)21(24,25)26/h4-5,10-12H,6-9H2,1-3H3,(H,30,31,32). The predicted molar refractivity (Wildman–Crippen MR) is 118 cm³/mol. The Hall–Kier alpha value is -2.96. The zero-order valence-electron chi connectivity index (χ0n) is 19.4. The van der Waals surface area contributed by atoms with Gasteiger partial charge in [0.25, 0.3) is 0 Å². The number of hydrogen-bond acceptors (Lipinski definition) is 6. The Morgan fingerprint density at radius 3 is 2.28 bits per heavy atom. The van der Waals surface area contributed by atoms with Gasteiger partial charge >= 0.3 is 18.6 Å². The maximum absolute atomic E-state index is 13.1. The van der Waals surface area contributed by atoms with Crippen molar-refractivity contribution < 1.29 is 40.6 Å². The summed E-state index contributed by atoms with van der Waals surface area (Å²) in [5.41, 5.74) is -1.62. The Morgan fingerprint density at radius 1 is 1.11 bits per heavy atom. The highest BCUT2D eigenvalue weighted by molar-refractivity contribution is 6.30. The van der Waals surface area contributed by atoms with Gasteiger partial charge in [0, 0.05) is 19.3 Å². The van der Waals surface area contributed by atoms with Gasteiger partial charge in [0.15, 0.2) is 5.75 Å². The van der Waals surface area contributed by atoms with E-state index in [0.717, 1.165) is 0 Å². The van der Waals surface area contributed by atoms with Gasteiger partial charge < -0.3 is 19.7 Å². The van der Waals surface area contributed by atoms with Gasteiger partial charge in [0.1, 0.15) is 16.3 Å². The van der Waals surface area contributed by atoms with Gasteiger partial charge in [-0.2, -0.15) is 13.2 Å². The fraction of sp³-hybridized carbons (Fsp3) is 0.500. The van der Waals surface area contributed by atoms with Crippen molar-refractivity contribution in [3.63, 3.8) is 0 Å². The molecule has 7 nitrogen and oxygen atoms in total. The molecule has 14 heteroatoms. The smallest absolute Gasteiger partial charge is 0.444 e. The maximum atomic E-state index is 13.1. The van der Waals surface area contributed by atoms with Crippen molar-refractivity contribution in [2.45, 2.75) is 57.7 Å². The third kappa shape index (κ3) is 7.52. The van der Waals surface area contributed by atoms with Crippen molar-refractivity contribution in [3.05, 3.63) is 40.7 Å². The summed E-state index contributed by atoms with van der Waals surface area (Å²) in [6, 6.07) is 4.03. The number of ether oxygens (including phenoxy) is 2. The molecule has 0 bridgehead atoms. The number of amides is 1. The van der Waals surface area contributed by atoms with Crippen LogP contribution in [0.1, 0.15) is 50.7 Å². The monoisotopic (exact) mass is 540 g/mol. The van der Waals surface area contributed by atoms with Crippen molar-refractivity contribution in [2.75, 3.05) is 18.4 Å². The Labute approximate surface area is 207 Å². The van der Waals surface area contributed by atoms with Crippen LogP contribution in [-0.2, 0) is 10.9 Å². The summed E-state index contributed by atoms with van der Waals surface area (Å²) >= 11 is 5.56. The van der Waals surface area contributed by atoms with Crippen molar-refractivity contribution in [3.8, 4) is 5.75 Å². The SMILES string of the molecule is CC(C)(C)OC(=O)N1CCC(c2ccc(Nc3ncc(C(F)(F)F)c(Cl)n3)c(OC(F)(F)F)c2)CC1. The molecule has 1 amide bonds. The Bertz CT molecular complexity index is 1100. The molecule has 2 heterocycles. The lowest BCUT2D eigenvalue weighted by Crippen LogP contribution is -2.41. The molecule has 0 unspecified atom stereocenters. The molecule has 1 saturated heterocycles. The van der Waals surface area contributed by atoms with E-state index in [1.54, 1.807) is 26.8 Å². The number of aromatic nitrogens is 2. The van der Waals surface area contributed by atoms with Crippen LogP contribution in [0.25, 0.3) is 0 Å². The molecule has 0 spiro atoms. The van der Waals surface area contributed by atoms with E-state index in [2.05, 4.69) is 20.0 Å². The van der Waals surface area contributed by atoms with Crippen molar-refractivity contribution in [1.82, 2.24) is 14.9 Å². The number of likely N-dealkylation sites (tertiary alicyclic amines) is 1. The van der Waals surface area contributed by atoms with Crippen LogP contribution in [0, 0.1) is 0 Å². The summed E-state index contributed by atoms with van der Waals surface area (Å²) in [6.45, 7) is 5.96. The lowest BCUT2D eigenvalue weighted by molar-refractivity contribution is -0.274. The quantitative estimate of drug-likeness (QED) is 0.335. The molecule has 0 saturated carbocycles. The van der Waals surface area contributed by atoms with Crippen LogP contribution in [0.3, 0.4) is 0 Å². The second-order valence-electron chi connectivity index (χ2n) is 9.07. The normalized spacial score (nSPS) is 15.6. The number of nitrogens with one attached hydrogen (secondary N) is 1. The summed E-state index contributed by atoms with van der Waals surface area (Å²) in [7, 11) is 0. The van der Waals surface area contributed by atoms with Gasteiger partial charge in [-0.3, -0.25) is 0 Å². The van der Waals surface area contributed by atoms with E-state index in [0.29, 0.717) is 37.7 Å². The highest BCUT2D eigenvalue weighted by Crippen LogP contribution is 2.38. The zero-order valence-corrected chi connectivity index (χ0v) is 20.2. The molecule has 198 valence electrons. The number of halogens is 7. The first-order chi connectivity index (χ1) is 16.5. The number of rotatable bonds is 4. The second kappa shape index (κ2) is 10.2. The van der Waals surface area contributed by atoms with Gasteiger partial charge in [0.2, 0.25) is 5.95 Å². The van der Waals surface area contributed by atoms with Gasteiger partial charge in [-0.25, -0.2) is 14.8 Å². The van der Waals surface area contributed by atoms with E-state index in [-0.39, 0.29) is 11.6 Å². The molecular weight excluding hydrogens is 518 g/mol. The third-order valence-corrected chi connectivity index (χ3v) is 5.43. The summed E-state index contributed by atoms with van der Waals surface area (Å²) < 4.78 is 87.3. The first-order valence-corrected chi connectivity index (χ1v) is 11.1. The molecule has 36 heavy (non-hydrogen) atoms. The lowest BCUT2D eigenvalue weighted by Gasteiger charge is -2.33. The summed E-state index contributed by atoms with van der Waals surface area (Å²) in [5, 5.41) is 1.51. The number of piperidine rings is 1. The number of anilines is 2. The molecular formula is C22H23ClF6N4O3. The molecule has 1 aliphatic heterocycles. The van der Waals surface area contributed by atoms with Crippen LogP contribution in [0.5, 0.6) is 5.75 Å². The zero-order chi connectivity index (χ0) is 26.9. The second-order valence-corrected chi connectivity index (χ2v) is 9.42. The molecule has 1 aliphatic rings. The molecule has 0 atom stereocenters. The van der Waals surface area contributed by atoms with Crippen LogP contribution in [0.2, 0.25) is 5.15 Å². The van der Waals surface area contributed by atoms with Crippen LogP contribution in [0.15, 0.2) is 24.4 Å². The summed E-state index contributed by atoms with van der Waals surface area (Å²) in [5.74, 6) is -1.22. The maximum Gasteiger partial charge on any atom is 0.573 e. The fourth-order valence-electron chi connectivity index (χ4n) is 3.56. The van der Waals surface area contributed by atoms with Gasteiger partial charge in [-0.1, -0.05) is 17.7 Å². The topological polar surface area (TPSA) is 76.6 Å². The minimum absolute atomic E-state index is 0.162. The summed E-state index contributed by atoms with van der Waals surface area (Å²) in [6.07, 6.45) is -8.90. The Balaban J connectivity index is 1.79. The Morgan fingerprint density at radius 2 is 1.75 bits per heavy atom.